The van der Waals surface area contributed by atoms with Crippen molar-refractivity contribution in [3.8, 4) is 0 Å². The molecule has 0 spiro atoms. The lowest BCUT2D eigenvalue weighted by atomic mass is 10.1. The first-order chi connectivity index (χ1) is 11.2. The Balaban J connectivity index is 1.51. The van der Waals surface area contributed by atoms with E-state index in [9.17, 15) is 4.79 Å². The molecule has 120 valence electrons. The predicted molar refractivity (Wildman–Crippen MR) is 86.2 cm³/mol. The summed E-state index contributed by atoms with van der Waals surface area (Å²) in [4.78, 5) is 14.6. The molecule has 1 aromatic heterocycles. The Morgan fingerprint density at radius 2 is 2.04 bits per heavy atom. The van der Waals surface area contributed by atoms with Crippen molar-refractivity contribution in [1.29, 1.82) is 0 Å². The summed E-state index contributed by atoms with van der Waals surface area (Å²) >= 11 is 0. The third-order valence-electron chi connectivity index (χ3n) is 4.55. The van der Waals surface area contributed by atoms with E-state index in [1.807, 2.05) is 48.2 Å². The number of nitrogens with zero attached hydrogens (tertiary/aromatic N) is 2. The molecule has 0 radical (unpaired) electrons. The number of benzene rings is 1. The monoisotopic (exact) mass is 311 g/mol. The molecule has 4 rings (SSSR count). The number of aromatic amines is 1. The van der Waals surface area contributed by atoms with E-state index in [1.165, 1.54) is 12.8 Å². The molecule has 2 fully saturated rings. The van der Waals surface area contributed by atoms with Gasteiger partial charge in [0.05, 0.1) is 12.6 Å². The van der Waals surface area contributed by atoms with Crippen molar-refractivity contribution in [1.82, 2.24) is 15.1 Å². The van der Waals surface area contributed by atoms with Crippen molar-refractivity contribution < 1.29 is 9.53 Å². The van der Waals surface area contributed by atoms with E-state index in [0.29, 0.717) is 24.7 Å². The highest BCUT2D eigenvalue weighted by Gasteiger charge is 2.32. The topological polar surface area (TPSA) is 58.2 Å². The first-order valence-electron chi connectivity index (χ1n) is 8.25. The van der Waals surface area contributed by atoms with Gasteiger partial charge in [0, 0.05) is 18.2 Å². The van der Waals surface area contributed by atoms with Gasteiger partial charge in [-0.1, -0.05) is 30.3 Å². The van der Waals surface area contributed by atoms with Crippen LogP contribution in [0, 0.1) is 0 Å². The molecule has 1 amide bonds. The van der Waals surface area contributed by atoms with Crippen molar-refractivity contribution in [2.45, 2.75) is 37.9 Å². The highest BCUT2D eigenvalue weighted by molar-refractivity contribution is 5.92. The van der Waals surface area contributed by atoms with Crippen LogP contribution in [0.2, 0.25) is 0 Å². The summed E-state index contributed by atoms with van der Waals surface area (Å²) in [6, 6.07) is 12.0. The normalized spacial score (nSPS) is 24.7. The molecule has 2 aromatic rings. The van der Waals surface area contributed by atoms with Crippen molar-refractivity contribution in [3.05, 3.63) is 53.3 Å². The zero-order valence-corrected chi connectivity index (χ0v) is 13.2. The van der Waals surface area contributed by atoms with Crippen LogP contribution >= 0.6 is 0 Å². The van der Waals surface area contributed by atoms with Gasteiger partial charge in [-0.3, -0.25) is 9.89 Å². The number of carbonyl (C=O) groups is 1. The Hall–Kier alpha value is -2.14. The molecule has 1 saturated carbocycles. The maximum Gasteiger partial charge on any atom is 0.274 e. The van der Waals surface area contributed by atoms with Gasteiger partial charge in [0.2, 0.25) is 0 Å². The molecule has 2 aliphatic rings. The average Bonchev–Trinajstić information content (AvgIpc) is 3.32. The number of aromatic nitrogens is 2. The predicted octanol–water partition coefficient (Wildman–Crippen LogP) is 2.89. The Morgan fingerprint density at radius 1 is 1.26 bits per heavy atom. The van der Waals surface area contributed by atoms with E-state index in [0.717, 1.165) is 11.3 Å². The van der Waals surface area contributed by atoms with Gasteiger partial charge in [-0.15, -0.1) is 0 Å². The molecular weight excluding hydrogens is 290 g/mol. The van der Waals surface area contributed by atoms with E-state index in [-0.39, 0.29) is 18.1 Å². The molecule has 1 aromatic carbocycles. The van der Waals surface area contributed by atoms with Crippen molar-refractivity contribution in [3.63, 3.8) is 0 Å². The molecule has 0 unspecified atom stereocenters. The van der Waals surface area contributed by atoms with Gasteiger partial charge >= 0.3 is 0 Å². The molecular formula is C18H21N3O2. The Kier molecular flexibility index (Phi) is 3.65. The van der Waals surface area contributed by atoms with Crippen LogP contribution < -0.4 is 0 Å². The lowest BCUT2D eigenvalue weighted by molar-refractivity contribution is -0.0692. The van der Waals surface area contributed by atoms with Crippen molar-refractivity contribution >= 4 is 5.91 Å². The van der Waals surface area contributed by atoms with Gasteiger partial charge in [0.1, 0.15) is 11.8 Å². The van der Waals surface area contributed by atoms with Crippen LogP contribution in [0.15, 0.2) is 36.4 Å². The maximum absolute atomic E-state index is 12.8. The zero-order valence-electron chi connectivity index (χ0n) is 13.2. The Morgan fingerprint density at radius 3 is 2.78 bits per heavy atom. The molecule has 5 heteroatoms. The first kappa shape index (κ1) is 14.5. The van der Waals surface area contributed by atoms with Crippen molar-refractivity contribution in [2.24, 2.45) is 0 Å². The second kappa shape index (κ2) is 5.81. The van der Waals surface area contributed by atoms with E-state index < -0.39 is 0 Å². The highest BCUT2D eigenvalue weighted by atomic mass is 16.5. The van der Waals surface area contributed by atoms with Crippen LogP contribution in [-0.2, 0) is 4.74 Å². The maximum atomic E-state index is 12.8. The van der Waals surface area contributed by atoms with Crippen LogP contribution in [0.25, 0.3) is 0 Å². The molecule has 1 saturated heterocycles. The minimum Gasteiger partial charge on any atom is -0.367 e. The lowest BCUT2D eigenvalue weighted by Gasteiger charge is -2.36. The number of carbonyl (C=O) groups excluding carboxylic acids is 1. The van der Waals surface area contributed by atoms with Crippen LogP contribution in [0.4, 0.5) is 0 Å². The third kappa shape index (κ3) is 3.01. The van der Waals surface area contributed by atoms with Gasteiger partial charge < -0.3 is 9.64 Å². The fourth-order valence-corrected chi connectivity index (χ4v) is 3.18. The number of morpholine rings is 1. The summed E-state index contributed by atoms with van der Waals surface area (Å²) in [5, 5.41) is 7.23. The summed E-state index contributed by atoms with van der Waals surface area (Å²) in [6.45, 7) is 3.18. The number of hydrogen-bond donors (Lipinski definition) is 1. The second-order valence-corrected chi connectivity index (χ2v) is 6.54. The molecule has 0 bridgehead atoms. The van der Waals surface area contributed by atoms with E-state index in [4.69, 9.17) is 4.74 Å². The van der Waals surface area contributed by atoms with Crippen LogP contribution in [0.1, 0.15) is 53.5 Å². The third-order valence-corrected chi connectivity index (χ3v) is 4.55. The quantitative estimate of drug-likeness (QED) is 0.948. The average molecular weight is 311 g/mol. The SMILES string of the molecule is C[C@H]1CN(C(=O)c2cc(C3CC3)[nH]n2)C[C@@H](c2ccccc2)O1. The van der Waals surface area contributed by atoms with Crippen molar-refractivity contribution in [2.75, 3.05) is 13.1 Å². The van der Waals surface area contributed by atoms with Crippen LogP contribution in [-0.4, -0.2) is 40.2 Å². The molecule has 5 nitrogen and oxygen atoms in total. The number of hydrogen-bond acceptors (Lipinski definition) is 3. The first-order valence-corrected chi connectivity index (χ1v) is 8.25. The summed E-state index contributed by atoms with van der Waals surface area (Å²) in [5.74, 6) is 0.564. The fourth-order valence-electron chi connectivity index (χ4n) is 3.18. The smallest absolute Gasteiger partial charge is 0.274 e. The second-order valence-electron chi connectivity index (χ2n) is 6.54. The van der Waals surface area contributed by atoms with Gasteiger partial charge in [-0.2, -0.15) is 5.10 Å². The van der Waals surface area contributed by atoms with Gasteiger partial charge in [-0.25, -0.2) is 0 Å². The lowest BCUT2D eigenvalue weighted by Crippen LogP contribution is -2.46. The van der Waals surface area contributed by atoms with Gasteiger partial charge in [0.25, 0.3) is 5.91 Å². The molecule has 2 heterocycles. The standard InChI is InChI=1S/C18H21N3O2/c1-12-10-21(11-17(23-12)14-5-3-2-4-6-14)18(22)16-9-15(19-20-16)13-7-8-13/h2-6,9,12-13,17H,7-8,10-11H2,1H3,(H,19,20)/t12-,17-/m0/s1. The van der Waals surface area contributed by atoms with Gasteiger partial charge in [-0.05, 0) is 31.4 Å². The number of H-pyrrole nitrogens is 1. The summed E-state index contributed by atoms with van der Waals surface area (Å²) in [7, 11) is 0. The number of ether oxygens (including phenoxy) is 1. The van der Waals surface area contributed by atoms with Crippen LogP contribution in [0.3, 0.4) is 0 Å². The summed E-state index contributed by atoms with van der Waals surface area (Å²) in [5.41, 5.74) is 2.72. The summed E-state index contributed by atoms with van der Waals surface area (Å²) in [6.07, 6.45) is 2.33. The minimum atomic E-state index is -0.0780. The van der Waals surface area contributed by atoms with E-state index >= 15 is 0 Å². The molecule has 1 aliphatic heterocycles. The Bertz CT molecular complexity index is 693. The number of rotatable bonds is 3. The fraction of sp³-hybridized carbons (Fsp3) is 0.444. The van der Waals surface area contributed by atoms with E-state index in [1.54, 1.807) is 0 Å². The number of amides is 1. The molecule has 1 N–H and O–H groups in total. The minimum absolute atomic E-state index is 0.00997. The molecule has 2 atom stereocenters. The molecule has 1 aliphatic carbocycles. The Labute approximate surface area is 135 Å². The zero-order chi connectivity index (χ0) is 15.8. The summed E-state index contributed by atoms with van der Waals surface area (Å²) < 4.78 is 6.02. The largest absolute Gasteiger partial charge is 0.367 e. The van der Waals surface area contributed by atoms with E-state index in [2.05, 4.69) is 10.2 Å². The highest BCUT2D eigenvalue weighted by Crippen LogP contribution is 2.39. The van der Waals surface area contributed by atoms with Crippen LogP contribution in [0.5, 0.6) is 0 Å². The number of nitrogens with one attached hydrogen (secondary N) is 1. The van der Waals surface area contributed by atoms with Gasteiger partial charge in [0.15, 0.2) is 0 Å². The molecule has 23 heavy (non-hydrogen) atoms.